The minimum absolute atomic E-state index is 0.236. The molecule has 0 saturated heterocycles. The van der Waals surface area contributed by atoms with Crippen LogP contribution < -0.4 is 11.5 Å². The molecular formula is C9H11BrN4O3. The Morgan fingerprint density at radius 1 is 1.24 bits per heavy atom. The van der Waals surface area contributed by atoms with Gasteiger partial charge in [0.25, 0.3) is 5.91 Å². The van der Waals surface area contributed by atoms with Gasteiger partial charge in [-0.1, -0.05) is 0 Å². The van der Waals surface area contributed by atoms with Crippen LogP contribution in [0.3, 0.4) is 0 Å². The number of nitrogens with zero attached hydrogens (tertiary/aromatic N) is 1. The Bertz CT molecular complexity index is 441. The lowest BCUT2D eigenvalue weighted by molar-refractivity contribution is -0.121. The number of halogens is 1. The Hall–Kier alpha value is -1.83. The summed E-state index contributed by atoms with van der Waals surface area (Å²) < 4.78 is 0.680. The molecular weight excluding hydrogens is 292 g/mol. The second-order valence-electron chi connectivity index (χ2n) is 3.33. The number of amides is 3. The van der Waals surface area contributed by atoms with Crippen molar-refractivity contribution >= 4 is 33.7 Å². The third kappa shape index (κ3) is 3.91. The van der Waals surface area contributed by atoms with Crippen LogP contribution in [-0.2, 0) is 9.59 Å². The van der Waals surface area contributed by atoms with Crippen molar-refractivity contribution in [1.82, 2.24) is 9.88 Å². The fourth-order valence-corrected chi connectivity index (χ4v) is 1.58. The molecule has 0 aliphatic heterocycles. The number of primary amides is 2. The van der Waals surface area contributed by atoms with Crippen LogP contribution in [0.4, 0.5) is 0 Å². The van der Waals surface area contributed by atoms with E-state index in [0.29, 0.717) is 4.47 Å². The Morgan fingerprint density at radius 3 is 2.12 bits per heavy atom. The highest BCUT2D eigenvalue weighted by Crippen LogP contribution is 2.12. The van der Waals surface area contributed by atoms with Gasteiger partial charge >= 0.3 is 0 Å². The van der Waals surface area contributed by atoms with E-state index in [-0.39, 0.29) is 18.8 Å². The van der Waals surface area contributed by atoms with Crippen molar-refractivity contribution in [3.8, 4) is 0 Å². The molecule has 1 rings (SSSR count). The van der Waals surface area contributed by atoms with E-state index in [9.17, 15) is 14.4 Å². The Morgan fingerprint density at radius 2 is 1.76 bits per heavy atom. The van der Waals surface area contributed by atoms with E-state index >= 15 is 0 Å². The summed E-state index contributed by atoms with van der Waals surface area (Å²) in [6.07, 6.45) is 1.56. The molecule has 0 atom stereocenters. The number of hydrogen-bond acceptors (Lipinski definition) is 3. The lowest BCUT2D eigenvalue weighted by Gasteiger charge is -2.18. The molecule has 1 aromatic heterocycles. The number of H-pyrrole nitrogens is 1. The molecule has 0 fully saturated rings. The first-order chi connectivity index (χ1) is 7.90. The van der Waals surface area contributed by atoms with Crippen molar-refractivity contribution < 1.29 is 14.4 Å². The minimum atomic E-state index is -0.717. The van der Waals surface area contributed by atoms with Gasteiger partial charge in [0.2, 0.25) is 11.8 Å². The molecule has 5 N–H and O–H groups in total. The van der Waals surface area contributed by atoms with E-state index in [0.717, 1.165) is 4.90 Å². The van der Waals surface area contributed by atoms with E-state index in [2.05, 4.69) is 20.9 Å². The highest BCUT2D eigenvalue weighted by Gasteiger charge is 2.20. The molecule has 1 aromatic rings. The van der Waals surface area contributed by atoms with Crippen LogP contribution >= 0.6 is 15.9 Å². The summed E-state index contributed by atoms with van der Waals surface area (Å²) in [5, 5.41) is 0. The van der Waals surface area contributed by atoms with Gasteiger partial charge in [-0.15, -0.1) is 0 Å². The zero-order chi connectivity index (χ0) is 13.0. The van der Waals surface area contributed by atoms with Crippen LogP contribution in [-0.4, -0.2) is 40.7 Å². The van der Waals surface area contributed by atoms with Crippen LogP contribution in [0.1, 0.15) is 10.5 Å². The van der Waals surface area contributed by atoms with Gasteiger partial charge in [0, 0.05) is 10.7 Å². The van der Waals surface area contributed by atoms with Gasteiger partial charge in [0.15, 0.2) is 0 Å². The molecule has 0 radical (unpaired) electrons. The Balaban J connectivity index is 2.85. The zero-order valence-electron chi connectivity index (χ0n) is 8.77. The number of carbonyl (C=O) groups excluding carboxylic acids is 3. The monoisotopic (exact) mass is 302 g/mol. The quantitative estimate of drug-likeness (QED) is 0.659. The van der Waals surface area contributed by atoms with Crippen molar-refractivity contribution in [2.24, 2.45) is 11.5 Å². The molecule has 0 saturated carbocycles. The topological polar surface area (TPSA) is 122 Å². The van der Waals surface area contributed by atoms with Crippen LogP contribution in [0.25, 0.3) is 0 Å². The van der Waals surface area contributed by atoms with Crippen LogP contribution in [0.15, 0.2) is 16.7 Å². The second kappa shape index (κ2) is 5.48. The number of aromatic amines is 1. The number of nitrogens with one attached hydrogen (secondary N) is 1. The first-order valence-electron chi connectivity index (χ1n) is 4.60. The summed E-state index contributed by atoms with van der Waals surface area (Å²) in [5.41, 5.74) is 10.2. The molecule has 7 nitrogen and oxygen atoms in total. The molecule has 3 amide bonds. The molecule has 1 heterocycles. The third-order valence-corrected chi connectivity index (χ3v) is 2.32. The SMILES string of the molecule is NC(=O)CN(CC(N)=O)C(=O)c1cc(Br)c[nH]1. The molecule has 0 spiro atoms. The summed E-state index contributed by atoms with van der Waals surface area (Å²) in [7, 11) is 0. The Kier molecular flexibility index (Phi) is 4.27. The third-order valence-electron chi connectivity index (χ3n) is 1.86. The van der Waals surface area contributed by atoms with Gasteiger partial charge in [-0.3, -0.25) is 14.4 Å². The first-order valence-corrected chi connectivity index (χ1v) is 5.39. The molecule has 0 aliphatic carbocycles. The van der Waals surface area contributed by atoms with Gasteiger partial charge in [-0.05, 0) is 22.0 Å². The van der Waals surface area contributed by atoms with E-state index < -0.39 is 17.7 Å². The van der Waals surface area contributed by atoms with Crippen LogP contribution in [0.5, 0.6) is 0 Å². The molecule has 0 bridgehead atoms. The van der Waals surface area contributed by atoms with E-state index in [1.807, 2.05) is 0 Å². The lowest BCUT2D eigenvalue weighted by Crippen LogP contribution is -2.43. The molecule has 8 heteroatoms. The predicted molar refractivity (Wildman–Crippen MR) is 62.8 cm³/mol. The number of hydrogen-bond donors (Lipinski definition) is 3. The minimum Gasteiger partial charge on any atom is -0.368 e. The average Bonchev–Trinajstić information content (AvgIpc) is 2.61. The van der Waals surface area contributed by atoms with Crippen LogP contribution in [0, 0.1) is 0 Å². The second-order valence-corrected chi connectivity index (χ2v) is 4.24. The van der Waals surface area contributed by atoms with E-state index in [1.165, 1.54) is 6.07 Å². The number of carbonyl (C=O) groups is 3. The molecule has 17 heavy (non-hydrogen) atoms. The maximum atomic E-state index is 11.9. The van der Waals surface area contributed by atoms with Crippen LogP contribution in [0.2, 0.25) is 0 Å². The number of nitrogens with two attached hydrogens (primary N) is 2. The Labute approximate surface area is 105 Å². The van der Waals surface area contributed by atoms with Gasteiger partial charge in [-0.25, -0.2) is 0 Å². The van der Waals surface area contributed by atoms with Gasteiger partial charge in [0.05, 0.1) is 0 Å². The fraction of sp³-hybridized carbons (Fsp3) is 0.222. The average molecular weight is 303 g/mol. The van der Waals surface area contributed by atoms with Crippen molar-refractivity contribution in [3.63, 3.8) is 0 Å². The van der Waals surface area contributed by atoms with E-state index in [4.69, 9.17) is 11.5 Å². The standard InChI is InChI=1S/C9H11BrN4O3/c10-5-1-6(13-2-5)9(17)14(3-7(11)15)4-8(12)16/h1-2,13H,3-4H2,(H2,11,15)(H2,12,16). The van der Waals surface area contributed by atoms with Crippen molar-refractivity contribution in [1.29, 1.82) is 0 Å². The summed E-state index contributed by atoms with van der Waals surface area (Å²) in [5.74, 6) is -1.95. The molecule has 0 aliphatic rings. The maximum absolute atomic E-state index is 11.9. The number of rotatable bonds is 5. The predicted octanol–water partition coefficient (Wildman–Crippen LogP) is -0.810. The van der Waals surface area contributed by atoms with E-state index in [1.54, 1.807) is 6.20 Å². The van der Waals surface area contributed by atoms with Crippen molar-refractivity contribution in [2.45, 2.75) is 0 Å². The number of aromatic nitrogens is 1. The summed E-state index contributed by atoms with van der Waals surface area (Å²) in [4.78, 5) is 37.1. The lowest BCUT2D eigenvalue weighted by atomic mass is 10.3. The molecule has 0 unspecified atom stereocenters. The summed E-state index contributed by atoms with van der Waals surface area (Å²) in [6, 6.07) is 1.53. The molecule has 92 valence electrons. The fourth-order valence-electron chi connectivity index (χ4n) is 1.24. The van der Waals surface area contributed by atoms with Crippen molar-refractivity contribution in [3.05, 3.63) is 22.4 Å². The van der Waals surface area contributed by atoms with Crippen molar-refractivity contribution in [2.75, 3.05) is 13.1 Å². The zero-order valence-corrected chi connectivity index (χ0v) is 10.4. The highest BCUT2D eigenvalue weighted by atomic mass is 79.9. The maximum Gasteiger partial charge on any atom is 0.271 e. The largest absolute Gasteiger partial charge is 0.368 e. The van der Waals surface area contributed by atoms with Gasteiger partial charge in [0.1, 0.15) is 18.8 Å². The summed E-state index contributed by atoms with van der Waals surface area (Å²) in [6.45, 7) is -0.725. The smallest absolute Gasteiger partial charge is 0.271 e. The summed E-state index contributed by atoms with van der Waals surface area (Å²) >= 11 is 3.17. The normalized spacial score (nSPS) is 9.94. The van der Waals surface area contributed by atoms with Gasteiger partial charge < -0.3 is 21.4 Å². The first kappa shape index (κ1) is 13.2. The highest BCUT2D eigenvalue weighted by molar-refractivity contribution is 9.10. The molecule has 0 aromatic carbocycles. The van der Waals surface area contributed by atoms with Gasteiger partial charge in [-0.2, -0.15) is 0 Å².